The van der Waals surface area contributed by atoms with Gasteiger partial charge in [-0.25, -0.2) is 0 Å². The van der Waals surface area contributed by atoms with Crippen molar-refractivity contribution in [2.24, 2.45) is 0 Å². The SMILES string of the molecule is C#CCOCCC(=O)NCc1cc(C)[nH]c(=O)c1. The number of rotatable bonds is 6. The molecule has 0 aliphatic rings. The maximum absolute atomic E-state index is 11.4. The van der Waals surface area contributed by atoms with E-state index in [4.69, 9.17) is 11.2 Å². The Kier molecular flexibility index (Phi) is 5.68. The van der Waals surface area contributed by atoms with Crippen molar-refractivity contribution >= 4 is 5.91 Å². The van der Waals surface area contributed by atoms with Crippen LogP contribution in [0.4, 0.5) is 0 Å². The molecule has 0 radical (unpaired) electrons. The minimum absolute atomic E-state index is 0.134. The van der Waals surface area contributed by atoms with Gasteiger partial charge in [-0.15, -0.1) is 6.42 Å². The van der Waals surface area contributed by atoms with Crippen molar-refractivity contribution in [2.75, 3.05) is 13.2 Å². The second kappa shape index (κ2) is 7.30. The number of aromatic amines is 1. The third-order valence-corrected chi connectivity index (χ3v) is 2.19. The van der Waals surface area contributed by atoms with Gasteiger partial charge in [0.2, 0.25) is 11.5 Å². The van der Waals surface area contributed by atoms with Gasteiger partial charge in [0.25, 0.3) is 0 Å². The molecular formula is C13H16N2O3. The second-order valence-corrected chi connectivity index (χ2v) is 3.82. The van der Waals surface area contributed by atoms with E-state index in [9.17, 15) is 9.59 Å². The fourth-order valence-corrected chi connectivity index (χ4v) is 1.44. The number of aryl methyl sites for hydroxylation is 1. The highest BCUT2D eigenvalue weighted by atomic mass is 16.5. The normalized spacial score (nSPS) is 9.78. The summed E-state index contributed by atoms with van der Waals surface area (Å²) in [6.07, 6.45) is 5.25. The van der Waals surface area contributed by atoms with Crippen LogP contribution in [0.15, 0.2) is 16.9 Å². The Bertz CT molecular complexity index is 500. The molecule has 96 valence electrons. The van der Waals surface area contributed by atoms with Crippen molar-refractivity contribution in [1.29, 1.82) is 0 Å². The van der Waals surface area contributed by atoms with Crippen LogP contribution < -0.4 is 10.9 Å². The standard InChI is InChI=1S/C13H16N2O3/c1-3-5-18-6-4-12(16)14-9-11-7-10(2)15-13(17)8-11/h1,7-8H,4-6,9H2,2H3,(H,14,16)(H,15,17). The van der Waals surface area contributed by atoms with E-state index in [2.05, 4.69) is 16.2 Å². The van der Waals surface area contributed by atoms with E-state index >= 15 is 0 Å². The molecular weight excluding hydrogens is 232 g/mol. The summed E-state index contributed by atoms with van der Waals surface area (Å²) in [4.78, 5) is 25.3. The summed E-state index contributed by atoms with van der Waals surface area (Å²) < 4.78 is 4.99. The Labute approximate surface area is 106 Å². The average molecular weight is 248 g/mol. The summed E-state index contributed by atoms with van der Waals surface area (Å²) in [6.45, 7) is 2.63. The van der Waals surface area contributed by atoms with Gasteiger partial charge in [-0.3, -0.25) is 9.59 Å². The lowest BCUT2D eigenvalue weighted by atomic mass is 10.2. The van der Waals surface area contributed by atoms with Gasteiger partial charge < -0.3 is 15.0 Å². The number of terminal acetylenes is 1. The summed E-state index contributed by atoms with van der Waals surface area (Å²) in [5.74, 6) is 2.19. The van der Waals surface area contributed by atoms with E-state index in [1.54, 1.807) is 6.92 Å². The lowest BCUT2D eigenvalue weighted by Gasteiger charge is -2.05. The zero-order chi connectivity index (χ0) is 13.4. The van der Waals surface area contributed by atoms with Crippen LogP contribution in [0.5, 0.6) is 0 Å². The predicted molar refractivity (Wildman–Crippen MR) is 67.9 cm³/mol. The number of carbonyl (C=O) groups excluding carboxylic acids is 1. The Balaban J connectivity index is 2.34. The molecule has 18 heavy (non-hydrogen) atoms. The third kappa shape index (κ3) is 5.32. The molecule has 5 nitrogen and oxygen atoms in total. The Hall–Kier alpha value is -2.06. The minimum atomic E-state index is -0.170. The van der Waals surface area contributed by atoms with Gasteiger partial charge in [-0.2, -0.15) is 0 Å². The molecule has 0 spiro atoms. The number of ether oxygens (including phenoxy) is 1. The van der Waals surface area contributed by atoms with Crippen LogP contribution in [0.25, 0.3) is 0 Å². The molecule has 0 saturated heterocycles. The number of nitrogens with one attached hydrogen (secondary N) is 2. The van der Waals surface area contributed by atoms with E-state index in [-0.39, 0.29) is 24.5 Å². The zero-order valence-corrected chi connectivity index (χ0v) is 10.3. The average Bonchev–Trinajstić information content (AvgIpc) is 2.31. The van der Waals surface area contributed by atoms with Crippen molar-refractivity contribution in [2.45, 2.75) is 19.9 Å². The second-order valence-electron chi connectivity index (χ2n) is 3.82. The molecule has 0 bridgehead atoms. The smallest absolute Gasteiger partial charge is 0.248 e. The highest BCUT2D eigenvalue weighted by Crippen LogP contribution is 1.97. The van der Waals surface area contributed by atoms with E-state index in [1.165, 1.54) is 6.07 Å². The summed E-state index contributed by atoms with van der Waals surface area (Å²) in [5, 5.41) is 2.71. The highest BCUT2D eigenvalue weighted by Gasteiger charge is 2.02. The number of hydrogen-bond donors (Lipinski definition) is 2. The lowest BCUT2D eigenvalue weighted by molar-refractivity contribution is -0.122. The number of carbonyl (C=O) groups is 1. The van der Waals surface area contributed by atoms with Crippen LogP contribution >= 0.6 is 0 Å². The third-order valence-electron chi connectivity index (χ3n) is 2.19. The molecule has 1 aromatic heterocycles. The number of H-pyrrole nitrogens is 1. The predicted octanol–water partition coefficient (Wildman–Crippen LogP) is 0.339. The largest absolute Gasteiger partial charge is 0.368 e. The first kappa shape index (κ1) is 14.0. The fraction of sp³-hybridized carbons (Fsp3) is 0.385. The molecule has 0 atom stereocenters. The summed E-state index contributed by atoms with van der Waals surface area (Å²) in [7, 11) is 0. The molecule has 1 aromatic rings. The molecule has 2 N–H and O–H groups in total. The molecule has 0 aliphatic carbocycles. The first-order chi connectivity index (χ1) is 8.61. The van der Waals surface area contributed by atoms with Gasteiger partial charge in [-0.05, 0) is 18.6 Å². The van der Waals surface area contributed by atoms with Gasteiger partial charge in [0.15, 0.2) is 0 Å². The molecule has 1 heterocycles. The zero-order valence-electron chi connectivity index (χ0n) is 10.3. The number of hydrogen-bond acceptors (Lipinski definition) is 3. The van der Waals surface area contributed by atoms with Gasteiger partial charge in [0.1, 0.15) is 6.61 Å². The van der Waals surface area contributed by atoms with E-state index in [0.717, 1.165) is 11.3 Å². The number of amides is 1. The van der Waals surface area contributed by atoms with Crippen LogP contribution in [0.3, 0.4) is 0 Å². The number of aromatic nitrogens is 1. The van der Waals surface area contributed by atoms with E-state index < -0.39 is 0 Å². The van der Waals surface area contributed by atoms with Crippen LogP contribution in [-0.2, 0) is 16.1 Å². The minimum Gasteiger partial charge on any atom is -0.368 e. The van der Waals surface area contributed by atoms with Gasteiger partial charge >= 0.3 is 0 Å². The van der Waals surface area contributed by atoms with Crippen LogP contribution in [0, 0.1) is 19.3 Å². The molecule has 5 heteroatoms. The topological polar surface area (TPSA) is 71.2 Å². The van der Waals surface area contributed by atoms with Gasteiger partial charge in [0.05, 0.1) is 13.0 Å². The van der Waals surface area contributed by atoms with Crippen LogP contribution in [-0.4, -0.2) is 24.1 Å². The maximum atomic E-state index is 11.4. The molecule has 0 fully saturated rings. The summed E-state index contributed by atoms with van der Waals surface area (Å²) in [6, 6.07) is 3.28. The first-order valence-electron chi connectivity index (χ1n) is 5.59. The van der Waals surface area contributed by atoms with Gasteiger partial charge in [-0.1, -0.05) is 5.92 Å². The van der Waals surface area contributed by atoms with Gasteiger partial charge in [0, 0.05) is 18.3 Å². The van der Waals surface area contributed by atoms with Crippen molar-refractivity contribution in [3.05, 3.63) is 33.7 Å². The molecule has 0 saturated carbocycles. The van der Waals surface area contributed by atoms with Crippen molar-refractivity contribution in [3.8, 4) is 12.3 Å². The highest BCUT2D eigenvalue weighted by molar-refractivity contribution is 5.75. The van der Waals surface area contributed by atoms with Crippen molar-refractivity contribution in [3.63, 3.8) is 0 Å². The van der Waals surface area contributed by atoms with Crippen LogP contribution in [0.2, 0.25) is 0 Å². The van der Waals surface area contributed by atoms with E-state index in [0.29, 0.717) is 13.2 Å². The molecule has 0 unspecified atom stereocenters. The van der Waals surface area contributed by atoms with Crippen molar-refractivity contribution < 1.29 is 9.53 Å². The quantitative estimate of drug-likeness (QED) is 0.563. The molecule has 0 aliphatic heterocycles. The Morgan fingerprint density at radius 1 is 1.56 bits per heavy atom. The Morgan fingerprint density at radius 2 is 2.33 bits per heavy atom. The van der Waals surface area contributed by atoms with Crippen molar-refractivity contribution in [1.82, 2.24) is 10.3 Å². The molecule has 1 rings (SSSR count). The molecule has 1 amide bonds. The first-order valence-corrected chi connectivity index (χ1v) is 5.59. The summed E-state index contributed by atoms with van der Waals surface area (Å²) in [5.41, 5.74) is 1.37. The fourth-order valence-electron chi connectivity index (χ4n) is 1.44. The maximum Gasteiger partial charge on any atom is 0.248 e. The molecule has 0 aromatic carbocycles. The van der Waals surface area contributed by atoms with E-state index in [1.807, 2.05) is 6.07 Å². The van der Waals surface area contributed by atoms with Crippen LogP contribution in [0.1, 0.15) is 17.7 Å². The lowest BCUT2D eigenvalue weighted by Crippen LogP contribution is -2.24. The summed E-state index contributed by atoms with van der Waals surface area (Å²) >= 11 is 0. The number of pyridine rings is 1. The monoisotopic (exact) mass is 248 g/mol. The Morgan fingerprint density at radius 3 is 3.00 bits per heavy atom.